The molecular weight excluding hydrogens is 241 g/mol. The predicted molar refractivity (Wildman–Crippen MR) is 54.7 cm³/mol. The van der Waals surface area contributed by atoms with Crippen molar-refractivity contribution in [2.45, 2.75) is 6.92 Å². The number of nitrogens with two attached hydrogens (primary N) is 1. The lowest BCUT2D eigenvalue weighted by atomic mass is 10.3. The maximum absolute atomic E-state index is 5.88. The summed E-state index contributed by atoms with van der Waals surface area (Å²) < 4.78 is 6.07. The van der Waals surface area contributed by atoms with Gasteiger partial charge in [-0.25, -0.2) is 0 Å². The van der Waals surface area contributed by atoms with Crippen LogP contribution in [0.4, 0.5) is 5.69 Å². The molecule has 2 nitrogen and oxygen atoms in total. The fourth-order valence-corrected chi connectivity index (χ4v) is 1.85. The van der Waals surface area contributed by atoms with Crippen molar-refractivity contribution < 1.29 is 4.74 Å². The fraction of sp³-hybridized carbons (Fsp3) is 0.250. The van der Waals surface area contributed by atoms with Crippen LogP contribution >= 0.6 is 27.5 Å². The molecule has 4 heteroatoms. The lowest BCUT2D eigenvalue weighted by molar-refractivity contribution is 0.338. The highest BCUT2D eigenvalue weighted by Gasteiger charge is 2.06. The molecule has 12 heavy (non-hydrogen) atoms. The Morgan fingerprint density at radius 2 is 2.25 bits per heavy atom. The van der Waals surface area contributed by atoms with E-state index in [1.807, 2.05) is 6.92 Å². The van der Waals surface area contributed by atoms with Crippen LogP contribution in [0, 0.1) is 0 Å². The quantitative estimate of drug-likeness (QED) is 0.819. The normalized spacial score (nSPS) is 9.92. The fourth-order valence-electron chi connectivity index (χ4n) is 0.862. The Hall–Kier alpha value is -0.410. The summed E-state index contributed by atoms with van der Waals surface area (Å²) in [7, 11) is 0. The minimum absolute atomic E-state index is 0.531. The molecule has 0 aliphatic carbocycles. The summed E-state index contributed by atoms with van der Waals surface area (Å²) in [5.41, 5.74) is 6.18. The van der Waals surface area contributed by atoms with Crippen LogP contribution in [-0.4, -0.2) is 6.61 Å². The molecule has 0 amide bonds. The molecule has 0 atom stereocenters. The second kappa shape index (κ2) is 4.01. The van der Waals surface area contributed by atoms with Gasteiger partial charge in [-0.15, -0.1) is 0 Å². The minimum atomic E-state index is 0.531. The van der Waals surface area contributed by atoms with E-state index in [-0.39, 0.29) is 0 Å². The average Bonchev–Trinajstić information content (AvgIpc) is 1.96. The van der Waals surface area contributed by atoms with E-state index in [0.29, 0.717) is 23.1 Å². The summed E-state index contributed by atoms with van der Waals surface area (Å²) in [4.78, 5) is 0. The van der Waals surface area contributed by atoms with E-state index in [2.05, 4.69) is 15.9 Å². The van der Waals surface area contributed by atoms with Gasteiger partial charge in [0.15, 0.2) is 5.75 Å². The molecule has 2 N–H and O–H groups in total. The highest BCUT2D eigenvalue weighted by molar-refractivity contribution is 9.10. The first-order valence-corrected chi connectivity index (χ1v) is 4.69. The third kappa shape index (κ3) is 2.05. The molecule has 1 aromatic rings. The van der Waals surface area contributed by atoms with E-state index in [1.165, 1.54) is 0 Å². The lowest BCUT2D eigenvalue weighted by Gasteiger charge is -2.08. The second-order valence-electron chi connectivity index (χ2n) is 2.25. The number of halogens is 2. The van der Waals surface area contributed by atoms with Crippen molar-refractivity contribution in [2.24, 2.45) is 0 Å². The Balaban J connectivity index is 3.10. The summed E-state index contributed by atoms with van der Waals surface area (Å²) in [5, 5.41) is 0.531. The molecule has 0 bridgehead atoms. The number of hydrogen-bond donors (Lipinski definition) is 1. The molecule has 66 valence electrons. The van der Waals surface area contributed by atoms with Crippen molar-refractivity contribution in [2.75, 3.05) is 12.3 Å². The van der Waals surface area contributed by atoms with Crippen LogP contribution in [0.2, 0.25) is 5.02 Å². The zero-order chi connectivity index (χ0) is 9.14. The summed E-state index contributed by atoms with van der Waals surface area (Å²) in [6.07, 6.45) is 0. The molecule has 0 aliphatic heterocycles. The molecule has 0 unspecified atom stereocenters. The topological polar surface area (TPSA) is 35.2 Å². The van der Waals surface area contributed by atoms with Gasteiger partial charge in [0.25, 0.3) is 0 Å². The van der Waals surface area contributed by atoms with E-state index in [0.717, 1.165) is 4.47 Å². The highest BCUT2D eigenvalue weighted by Crippen LogP contribution is 2.35. The van der Waals surface area contributed by atoms with Gasteiger partial charge in [-0.3, -0.25) is 0 Å². The Morgan fingerprint density at radius 1 is 1.58 bits per heavy atom. The van der Waals surface area contributed by atoms with Crippen molar-refractivity contribution >= 4 is 33.2 Å². The van der Waals surface area contributed by atoms with Gasteiger partial charge in [0.05, 0.1) is 16.1 Å². The first-order valence-electron chi connectivity index (χ1n) is 3.52. The van der Waals surface area contributed by atoms with Gasteiger partial charge in [-0.2, -0.15) is 0 Å². The summed E-state index contributed by atoms with van der Waals surface area (Å²) in [6, 6.07) is 3.42. The number of hydrogen-bond acceptors (Lipinski definition) is 2. The highest BCUT2D eigenvalue weighted by atomic mass is 79.9. The zero-order valence-electron chi connectivity index (χ0n) is 6.60. The summed E-state index contributed by atoms with van der Waals surface area (Å²) >= 11 is 9.19. The summed E-state index contributed by atoms with van der Waals surface area (Å²) in [5.74, 6) is 0.647. The lowest BCUT2D eigenvalue weighted by Crippen LogP contribution is -1.94. The van der Waals surface area contributed by atoms with Crippen LogP contribution in [0.3, 0.4) is 0 Å². The number of anilines is 1. The predicted octanol–water partition coefficient (Wildman–Crippen LogP) is 3.08. The molecule has 1 rings (SSSR count). The van der Waals surface area contributed by atoms with Crippen molar-refractivity contribution in [3.63, 3.8) is 0 Å². The number of benzene rings is 1. The van der Waals surface area contributed by atoms with Crippen LogP contribution < -0.4 is 10.5 Å². The van der Waals surface area contributed by atoms with Crippen LogP contribution in [0.1, 0.15) is 6.92 Å². The largest absolute Gasteiger partial charge is 0.491 e. The molecule has 0 aliphatic rings. The number of nitrogen functional groups attached to an aromatic ring is 1. The van der Waals surface area contributed by atoms with Gasteiger partial charge in [0, 0.05) is 5.69 Å². The van der Waals surface area contributed by atoms with Gasteiger partial charge < -0.3 is 10.5 Å². The van der Waals surface area contributed by atoms with E-state index in [1.54, 1.807) is 12.1 Å². The van der Waals surface area contributed by atoms with Crippen molar-refractivity contribution in [1.82, 2.24) is 0 Å². The molecule has 0 fully saturated rings. The maximum atomic E-state index is 5.88. The van der Waals surface area contributed by atoms with Crippen LogP contribution in [0.15, 0.2) is 16.6 Å². The van der Waals surface area contributed by atoms with E-state index < -0.39 is 0 Å². The third-order valence-electron chi connectivity index (χ3n) is 1.31. The van der Waals surface area contributed by atoms with E-state index in [4.69, 9.17) is 22.1 Å². The number of ether oxygens (including phenoxy) is 1. The van der Waals surface area contributed by atoms with Gasteiger partial charge in [-0.1, -0.05) is 11.6 Å². The molecule has 0 heterocycles. The SMILES string of the molecule is CCOc1c(Cl)cc(N)cc1Br. The standard InChI is InChI=1S/C8H9BrClNO/c1-2-12-8-6(9)3-5(11)4-7(8)10/h3-4H,2,11H2,1H3. The Kier molecular flexibility index (Phi) is 3.23. The van der Waals surface area contributed by atoms with Crippen LogP contribution in [0.5, 0.6) is 5.75 Å². The third-order valence-corrected chi connectivity index (χ3v) is 2.18. The van der Waals surface area contributed by atoms with E-state index in [9.17, 15) is 0 Å². The van der Waals surface area contributed by atoms with Gasteiger partial charge in [0.1, 0.15) is 0 Å². The minimum Gasteiger partial charge on any atom is -0.491 e. The van der Waals surface area contributed by atoms with Crippen molar-refractivity contribution in [1.29, 1.82) is 0 Å². The van der Waals surface area contributed by atoms with Crippen molar-refractivity contribution in [3.05, 3.63) is 21.6 Å². The van der Waals surface area contributed by atoms with Gasteiger partial charge >= 0.3 is 0 Å². The van der Waals surface area contributed by atoms with Crippen LogP contribution in [0.25, 0.3) is 0 Å². The molecule has 0 aromatic heterocycles. The molecule has 0 radical (unpaired) electrons. The molecule has 1 aromatic carbocycles. The molecular formula is C8H9BrClNO. The van der Waals surface area contributed by atoms with Gasteiger partial charge in [-0.05, 0) is 35.0 Å². The summed E-state index contributed by atoms with van der Waals surface area (Å²) in [6.45, 7) is 2.49. The molecule has 0 saturated carbocycles. The van der Waals surface area contributed by atoms with E-state index >= 15 is 0 Å². The molecule has 0 spiro atoms. The van der Waals surface area contributed by atoms with Gasteiger partial charge in [0.2, 0.25) is 0 Å². The Morgan fingerprint density at radius 3 is 2.75 bits per heavy atom. The maximum Gasteiger partial charge on any atom is 0.152 e. The van der Waals surface area contributed by atoms with Crippen molar-refractivity contribution in [3.8, 4) is 5.75 Å². The monoisotopic (exact) mass is 249 g/mol. The number of rotatable bonds is 2. The first kappa shape index (κ1) is 9.68. The Bertz CT molecular complexity index is 267. The zero-order valence-corrected chi connectivity index (χ0v) is 8.95. The Labute approximate surface area is 84.8 Å². The average molecular weight is 251 g/mol. The molecule has 0 saturated heterocycles. The smallest absolute Gasteiger partial charge is 0.152 e. The second-order valence-corrected chi connectivity index (χ2v) is 3.51. The first-order chi connectivity index (χ1) is 5.65. The van der Waals surface area contributed by atoms with Crippen LogP contribution in [-0.2, 0) is 0 Å².